The van der Waals surface area contributed by atoms with Crippen LogP contribution in [0.15, 0.2) is 120 Å². The van der Waals surface area contributed by atoms with Gasteiger partial charge in [-0.3, -0.25) is 0 Å². The molecule has 3 nitrogen and oxygen atoms in total. The molecule has 254 valence electrons. The van der Waals surface area contributed by atoms with Gasteiger partial charge in [-0.2, -0.15) is 0 Å². The molecule has 0 aliphatic rings. The Morgan fingerprint density at radius 1 is 0.373 bits per heavy atom. The molecule has 0 atom stereocenters. The summed E-state index contributed by atoms with van der Waals surface area (Å²) in [4.78, 5) is 0. The van der Waals surface area contributed by atoms with Gasteiger partial charge in [0.25, 0.3) is 0 Å². The summed E-state index contributed by atoms with van der Waals surface area (Å²) in [5.74, 6) is 0. The first-order valence-corrected chi connectivity index (χ1v) is 18.3. The minimum Gasteiger partial charge on any atom is -0.455 e. The molecule has 9 rings (SSSR count). The normalized spacial score (nSPS) is 13.2. The Labute approximate surface area is 300 Å². The van der Waals surface area contributed by atoms with Gasteiger partial charge in [-0.25, -0.2) is 0 Å². The molecule has 0 unspecified atom stereocenters. The van der Waals surface area contributed by atoms with Crippen molar-refractivity contribution in [1.29, 1.82) is 0 Å². The first-order chi connectivity index (χ1) is 24.2. The molecule has 3 aromatic heterocycles. The molecule has 3 heteroatoms. The number of furan rings is 1. The van der Waals surface area contributed by atoms with E-state index in [0.29, 0.717) is 0 Å². The molecule has 0 bridgehead atoms. The zero-order valence-electron chi connectivity index (χ0n) is 31.3. The first-order valence-electron chi connectivity index (χ1n) is 18.3. The van der Waals surface area contributed by atoms with Gasteiger partial charge in [0.05, 0.1) is 22.1 Å². The largest absolute Gasteiger partial charge is 0.455 e. The first kappa shape index (κ1) is 31.7. The van der Waals surface area contributed by atoms with E-state index in [2.05, 4.69) is 187 Å². The zero-order chi connectivity index (χ0) is 35.6. The van der Waals surface area contributed by atoms with Gasteiger partial charge < -0.3 is 13.6 Å². The molecule has 9 aromatic rings. The van der Waals surface area contributed by atoms with Crippen molar-refractivity contribution < 1.29 is 4.42 Å². The molecule has 0 aliphatic heterocycles. The van der Waals surface area contributed by atoms with E-state index in [4.69, 9.17) is 4.42 Å². The lowest BCUT2D eigenvalue weighted by Crippen LogP contribution is -2.16. The number of fused-ring (bicyclic) bond motifs is 9. The van der Waals surface area contributed by atoms with Gasteiger partial charge in [0, 0.05) is 54.8 Å². The number of benzene rings is 6. The Morgan fingerprint density at radius 3 is 1.37 bits per heavy atom. The van der Waals surface area contributed by atoms with Crippen molar-refractivity contribution in [3.63, 3.8) is 0 Å². The van der Waals surface area contributed by atoms with E-state index >= 15 is 0 Å². The van der Waals surface area contributed by atoms with Crippen LogP contribution in [0.2, 0.25) is 0 Å². The lowest BCUT2D eigenvalue weighted by Gasteiger charge is -2.25. The second kappa shape index (κ2) is 10.6. The summed E-state index contributed by atoms with van der Waals surface area (Å²) >= 11 is 0. The van der Waals surface area contributed by atoms with Crippen molar-refractivity contribution in [3.05, 3.63) is 132 Å². The highest BCUT2D eigenvalue weighted by molar-refractivity contribution is 6.19. The van der Waals surface area contributed by atoms with Crippen molar-refractivity contribution in [2.45, 2.75) is 78.6 Å². The van der Waals surface area contributed by atoms with Crippen LogP contribution in [0.1, 0.15) is 79.0 Å². The highest BCUT2D eigenvalue weighted by Crippen LogP contribution is 2.45. The third-order valence-electron chi connectivity index (χ3n) is 10.9. The average Bonchev–Trinajstić information content (AvgIpc) is 3.73. The van der Waals surface area contributed by atoms with Crippen LogP contribution in [0, 0.1) is 0 Å². The van der Waals surface area contributed by atoms with Crippen LogP contribution < -0.4 is 0 Å². The van der Waals surface area contributed by atoms with Crippen LogP contribution in [0.5, 0.6) is 0 Å². The molecule has 0 saturated heterocycles. The van der Waals surface area contributed by atoms with E-state index in [9.17, 15) is 0 Å². The van der Waals surface area contributed by atoms with Crippen molar-refractivity contribution in [1.82, 2.24) is 9.13 Å². The monoisotopic (exact) mass is 666 g/mol. The summed E-state index contributed by atoms with van der Waals surface area (Å²) in [6, 6.07) is 42.8. The second-order valence-corrected chi connectivity index (χ2v) is 17.5. The molecule has 0 radical (unpaired) electrons. The summed E-state index contributed by atoms with van der Waals surface area (Å²) in [6.45, 7) is 20.7. The number of hydrogen-bond acceptors (Lipinski definition) is 1. The van der Waals surface area contributed by atoms with E-state index in [-0.39, 0.29) is 16.2 Å². The molecule has 0 N–H and O–H groups in total. The number of rotatable bonds is 2. The molecule has 0 amide bonds. The van der Waals surface area contributed by atoms with E-state index in [0.717, 1.165) is 16.9 Å². The van der Waals surface area contributed by atoms with Gasteiger partial charge in [-0.1, -0.05) is 123 Å². The maximum absolute atomic E-state index is 7.02. The average molecular weight is 667 g/mol. The van der Waals surface area contributed by atoms with E-state index in [1.807, 2.05) is 0 Å². The van der Waals surface area contributed by atoms with Crippen molar-refractivity contribution >= 4 is 65.6 Å². The summed E-state index contributed by atoms with van der Waals surface area (Å²) in [5, 5.41) is 7.38. The third-order valence-corrected chi connectivity index (χ3v) is 10.9. The van der Waals surface area contributed by atoms with Gasteiger partial charge in [0.15, 0.2) is 0 Å². The van der Waals surface area contributed by atoms with Crippen LogP contribution in [0.25, 0.3) is 76.9 Å². The summed E-state index contributed by atoms with van der Waals surface area (Å²) in [7, 11) is 0. The smallest absolute Gasteiger partial charge is 0.139 e. The molecule has 3 heterocycles. The Hall–Kier alpha value is -5.28. The molecule has 6 aromatic carbocycles. The van der Waals surface area contributed by atoms with Gasteiger partial charge in [0.2, 0.25) is 0 Å². The minimum atomic E-state index is -0.147. The second-order valence-electron chi connectivity index (χ2n) is 17.5. The van der Waals surface area contributed by atoms with Gasteiger partial charge in [-0.15, -0.1) is 0 Å². The predicted octanol–water partition coefficient (Wildman–Crippen LogP) is 13.7. The lowest BCUT2D eigenvalue weighted by molar-refractivity contribution is 0.550. The third kappa shape index (κ3) is 4.78. The number of hydrogen-bond donors (Lipinski definition) is 0. The van der Waals surface area contributed by atoms with E-state index < -0.39 is 0 Å². The van der Waals surface area contributed by atoms with Crippen LogP contribution in [-0.2, 0) is 16.2 Å². The lowest BCUT2D eigenvalue weighted by atomic mass is 9.79. The fourth-order valence-electron chi connectivity index (χ4n) is 8.20. The van der Waals surface area contributed by atoms with Crippen LogP contribution in [0.3, 0.4) is 0 Å². The van der Waals surface area contributed by atoms with Crippen molar-refractivity contribution in [2.75, 3.05) is 0 Å². The zero-order valence-corrected chi connectivity index (χ0v) is 31.3. The van der Waals surface area contributed by atoms with Gasteiger partial charge >= 0.3 is 0 Å². The fourth-order valence-corrected chi connectivity index (χ4v) is 8.20. The topological polar surface area (TPSA) is 23.0 Å². The molecular weight excluding hydrogens is 621 g/mol. The highest BCUT2D eigenvalue weighted by Gasteiger charge is 2.29. The summed E-state index contributed by atoms with van der Waals surface area (Å²) in [5.41, 5.74) is 12.8. The highest BCUT2D eigenvalue weighted by atomic mass is 16.3. The number of nitrogens with zero attached hydrogens (tertiary/aromatic N) is 2. The van der Waals surface area contributed by atoms with Gasteiger partial charge in [-0.05, 0) is 76.4 Å². The Balaban J connectivity index is 1.43. The van der Waals surface area contributed by atoms with Crippen LogP contribution >= 0.6 is 0 Å². The SMILES string of the molecule is CC(C)(C)c1cc(C(C)(C)C)c2oc3c(C(C)(C)C)cc(-n4c5ccccc5c5cc6c(cc54)c4ccccc4n6-c4ccccc4)cc3c2c1. The van der Waals surface area contributed by atoms with E-state index in [1.54, 1.807) is 0 Å². The summed E-state index contributed by atoms with van der Waals surface area (Å²) < 4.78 is 11.9. The molecule has 51 heavy (non-hydrogen) atoms. The minimum absolute atomic E-state index is 0.000609. The number of aromatic nitrogens is 2. The number of para-hydroxylation sites is 3. The van der Waals surface area contributed by atoms with E-state index in [1.165, 1.54) is 76.8 Å². The molecule has 0 aliphatic carbocycles. The van der Waals surface area contributed by atoms with Crippen LogP contribution in [0.4, 0.5) is 0 Å². The van der Waals surface area contributed by atoms with Crippen molar-refractivity contribution in [3.8, 4) is 11.4 Å². The molecule has 0 spiro atoms. The maximum atomic E-state index is 7.02. The van der Waals surface area contributed by atoms with Gasteiger partial charge in [0.1, 0.15) is 11.2 Å². The van der Waals surface area contributed by atoms with Crippen molar-refractivity contribution in [2.24, 2.45) is 0 Å². The maximum Gasteiger partial charge on any atom is 0.139 e. The predicted molar refractivity (Wildman–Crippen MR) is 218 cm³/mol. The molecule has 0 fully saturated rings. The molecular formula is C48H46N2O. The Kier molecular flexibility index (Phi) is 6.60. The molecule has 0 saturated carbocycles. The standard InChI is InChI=1S/C48H46N2O/c1-46(2,3)29-23-36-37-25-31(26-39(48(7,8)9)45(37)51-44(36)38(24-29)47(4,5)6)50-41-22-16-14-20-33(41)35-27-42-34(28-43(35)50)32-19-13-15-21-40(32)49(42)30-17-11-10-12-18-30/h10-28H,1-9H3. The summed E-state index contributed by atoms with van der Waals surface area (Å²) in [6.07, 6.45) is 0. The quantitative estimate of drug-likeness (QED) is 0.180. The Morgan fingerprint density at radius 2 is 0.843 bits per heavy atom. The van der Waals surface area contributed by atoms with Crippen LogP contribution in [-0.4, -0.2) is 9.13 Å². The Bertz CT molecular complexity index is 2840. The fraction of sp³-hybridized carbons (Fsp3) is 0.250.